The van der Waals surface area contributed by atoms with Crippen LogP contribution in [-0.4, -0.2) is 21.9 Å². The van der Waals surface area contributed by atoms with E-state index in [4.69, 9.17) is 11.6 Å². The van der Waals surface area contributed by atoms with Crippen molar-refractivity contribution in [1.29, 1.82) is 0 Å². The average Bonchev–Trinajstić information content (AvgIpc) is 2.63. The van der Waals surface area contributed by atoms with Crippen LogP contribution in [0.4, 0.5) is 0 Å². The molecule has 2 rings (SSSR count). The van der Waals surface area contributed by atoms with Crippen LogP contribution in [0, 0.1) is 18.8 Å². The second-order valence-corrected chi connectivity index (χ2v) is 7.99. The van der Waals surface area contributed by atoms with E-state index >= 15 is 0 Å². The van der Waals surface area contributed by atoms with Gasteiger partial charge in [-0.25, -0.2) is 0 Å². The molecule has 1 heterocycles. The first-order chi connectivity index (χ1) is 9.78. The molecule has 1 saturated carbocycles. The smallest absolute Gasteiger partial charge is 0.0847 e. The minimum Gasteiger partial charge on any atom is -0.312 e. The summed E-state index contributed by atoms with van der Waals surface area (Å²) in [6, 6.07) is 0. The van der Waals surface area contributed by atoms with Crippen molar-refractivity contribution >= 4 is 11.6 Å². The third kappa shape index (κ3) is 4.46. The summed E-state index contributed by atoms with van der Waals surface area (Å²) in [6.45, 7) is 9.83. The summed E-state index contributed by atoms with van der Waals surface area (Å²) in [4.78, 5) is 0. The Morgan fingerprint density at radius 2 is 1.86 bits per heavy atom. The Morgan fingerprint density at radius 3 is 2.38 bits per heavy atom. The Balaban J connectivity index is 2.05. The van der Waals surface area contributed by atoms with Crippen LogP contribution in [0.15, 0.2) is 0 Å². The van der Waals surface area contributed by atoms with Crippen LogP contribution in [0.1, 0.15) is 57.8 Å². The van der Waals surface area contributed by atoms with E-state index in [0.29, 0.717) is 0 Å². The Labute approximate surface area is 134 Å². The highest BCUT2D eigenvalue weighted by Gasteiger charge is 2.28. The van der Waals surface area contributed by atoms with E-state index in [-0.39, 0.29) is 5.54 Å². The number of nitrogens with zero attached hydrogens (tertiary/aromatic N) is 2. The van der Waals surface area contributed by atoms with E-state index < -0.39 is 0 Å². The van der Waals surface area contributed by atoms with Gasteiger partial charge in [0.25, 0.3) is 0 Å². The zero-order valence-electron chi connectivity index (χ0n) is 14.2. The normalized spacial score (nSPS) is 23.5. The number of rotatable bonds is 4. The van der Waals surface area contributed by atoms with E-state index in [1.54, 1.807) is 0 Å². The zero-order chi connectivity index (χ0) is 15.6. The average molecular weight is 312 g/mol. The maximum Gasteiger partial charge on any atom is 0.0847 e. The van der Waals surface area contributed by atoms with Gasteiger partial charge in [0.05, 0.1) is 16.4 Å². The molecule has 0 saturated heterocycles. The van der Waals surface area contributed by atoms with Crippen LogP contribution < -0.4 is 5.32 Å². The molecule has 1 aliphatic rings. The lowest BCUT2D eigenvalue weighted by Crippen LogP contribution is -2.41. The first-order valence-corrected chi connectivity index (χ1v) is 8.58. The highest BCUT2D eigenvalue weighted by molar-refractivity contribution is 6.31. The molecule has 0 aromatic carbocycles. The molecule has 1 aliphatic carbocycles. The van der Waals surface area contributed by atoms with E-state index in [1.165, 1.54) is 31.4 Å². The van der Waals surface area contributed by atoms with E-state index in [1.807, 2.05) is 18.7 Å². The van der Waals surface area contributed by atoms with Gasteiger partial charge in [-0.1, -0.05) is 24.4 Å². The second kappa shape index (κ2) is 6.70. The van der Waals surface area contributed by atoms with Gasteiger partial charge >= 0.3 is 0 Å². The van der Waals surface area contributed by atoms with Crippen LogP contribution >= 0.6 is 11.6 Å². The lowest BCUT2D eigenvalue weighted by atomic mass is 9.76. The van der Waals surface area contributed by atoms with Crippen molar-refractivity contribution in [3.05, 3.63) is 16.4 Å². The molecule has 0 aliphatic heterocycles. The van der Waals surface area contributed by atoms with Crippen LogP contribution in [0.25, 0.3) is 0 Å². The molecular formula is C17H30ClN3. The fourth-order valence-corrected chi connectivity index (χ4v) is 3.65. The standard InChI is InChI=1S/C17H30ClN3/c1-12-16(18)15(21(5)20-12)10-13-8-6-7-9-14(13)11-19-17(2,3)4/h13-14,19H,6-11H2,1-5H3. The molecule has 2 unspecified atom stereocenters. The Bertz CT molecular complexity index is 473. The van der Waals surface area contributed by atoms with Gasteiger partial charge in [0, 0.05) is 12.6 Å². The molecule has 1 fully saturated rings. The molecule has 2 atom stereocenters. The summed E-state index contributed by atoms with van der Waals surface area (Å²) in [5, 5.41) is 9.01. The summed E-state index contributed by atoms with van der Waals surface area (Å²) in [7, 11) is 2.01. The van der Waals surface area contributed by atoms with Crippen molar-refractivity contribution in [1.82, 2.24) is 15.1 Å². The third-order valence-electron chi connectivity index (χ3n) is 4.68. The molecule has 1 aromatic rings. The topological polar surface area (TPSA) is 29.9 Å². The molecule has 1 aromatic heterocycles. The van der Waals surface area contributed by atoms with Crippen molar-refractivity contribution in [3.8, 4) is 0 Å². The van der Waals surface area contributed by atoms with Crippen LogP contribution in [0.3, 0.4) is 0 Å². The molecule has 4 heteroatoms. The van der Waals surface area contributed by atoms with Gasteiger partial charge in [-0.15, -0.1) is 0 Å². The van der Waals surface area contributed by atoms with Crippen molar-refractivity contribution in [3.63, 3.8) is 0 Å². The summed E-state index contributed by atoms with van der Waals surface area (Å²) in [6.07, 6.45) is 6.43. The molecule has 0 bridgehead atoms. The number of hydrogen-bond acceptors (Lipinski definition) is 2. The van der Waals surface area contributed by atoms with Gasteiger partial charge in [-0.3, -0.25) is 4.68 Å². The quantitative estimate of drug-likeness (QED) is 0.906. The lowest BCUT2D eigenvalue weighted by molar-refractivity contribution is 0.211. The van der Waals surface area contributed by atoms with Crippen LogP contribution in [-0.2, 0) is 13.5 Å². The summed E-state index contributed by atoms with van der Waals surface area (Å²) < 4.78 is 1.97. The lowest BCUT2D eigenvalue weighted by Gasteiger charge is -2.34. The van der Waals surface area contributed by atoms with Gasteiger partial charge in [0.1, 0.15) is 0 Å². The molecule has 120 valence electrons. The van der Waals surface area contributed by atoms with Crippen LogP contribution in [0.2, 0.25) is 5.02 Å². The maximum absolute atomic E-state index is 6.43. The molecule has 3 nitrogen and oxygen atoms in total. The zero-order valence-corrected chi connectivity index (χ0v) is 14.9. The van der Waals surface area contributed by atoms with Gasteiger partial charge in [-0.2, -0.15) is 5.10 Å². The predicted octanol–water partition coefficient (Wildman–Crippen LogP) is 4.12. The highest BCUT2D eigenvalue weighted by atomic mass is 35.5. The van der Waals surface area contributed by atoms with Crippen molar-refractivity contribution < 1.29 is 0 Å². The maximum atomic E-state index is 6.43. The number of aryl methyl sites for hydroxylation is 2. The first kappa shape index (κ1) is 16.8. The largest absolute Gasteiger partial charge is 0.312 e. The molecular weight excluding hydrogens is 282 g/mol. The van der Waals surface area contributed by atoms with Crippen LogP contribution in [0.5, 0.6) is 0 Å². The number of halogens is 1. The number of aromatic nitrogens is 2. The summed E-state index contributed by atoms with van der Waals surface area (Å²) in [5.74, 6) is 1.48. The van der Waals surface area contributed by atoms with Gasteiger partial charge < -0.3 is 5.32 Å². The predicted molar refractivity (Wildman–Crippen MR) is 89.9 cm³/mol. The molecule has 1 N–H and O–H groups in total. The highest BCUT2D eigenvalue weighted by Crippen LogP contribution is 2.34. The molecule has 21 heavy (non-hydrogen) atoms. The number of hydrogen-bond donors (Lipinski definition) is 1. The van der Waals surface area contributed by atoms with Crippen molar-refractivity contribution in [2.45, 2.75) is 65.3 Å². The summed E-state index contributed by atoms with van der Waals surface area (Å²) >= 11 is 6.43. The first-order valence-electron chi connectivity index (χ1n) is 8.21. The molecule has 0 spiro atoms. The van der Waals surface area contributed by atoms with Crippen molar-refractivity contribution in [2.75, 3.05) is 6.54 Å². The van der Waals surface area contributed by atoms with E-state index in [0.717, 1.165) is 35.5 Å². The van der Waals surface area contributed by atoms with Gasteiger partial charge in [0.2, 0.25) is 0 Å². The van der Waals surface area contributed by atoms with Crippen molar-refractivity contribution in [2.24, 2.45) is 18.9 Å². The fraction of sp³-hybridized carbons (Fsp3) is 0.824. The third-order valence-corrected chi connectivity index (χ3v) is 5.17. The monoisotopic (exact) mass is 311 g/mol. The SMILES string of the molecule is Cc1nn(C)c(CC2CCCCC2CNC(C)(C)C)c1Cl. The van der Waals surface area contributed by atoms with E-state index in [2.05, 4.69) is 31.2 Å². The van der Waals surface area contributed by atoms with E-state index in [9.17, 15) is 0 Å². The summed E-state index contributed by atoms with van der Waals surface area (Å²) in [5.41, 5.74) is 2.36. The Kier molecular flexibility index (Phi) is 5.37. The Morgan fingerprint density at radius 1 is 1.24 bits per heavy atom. The number of nitrogens with one attached hydrogen (secondary N) is 1. The van der Waals surface area contributed by atoms with Gasteiger partial charge in [-0.05, 0) is 65.3 Å². The Hall–Kier alpha value is -0.540. The fourth-order valence-electron chi connectivity index (χ4n) is 3.41. The molecule has 0 amide bonds. The second-order valence-electron chi connectivity index (χ2n) is 7.61. The minimum absolute atomic E-state index is 0.197. The van der Waals surface area contributed by atoms with Gasteiger partial charge in [0.15, 0.2) is 0 Å². The minimum atomic E-state index is 0.197. The molecule has 0 radical (unpaired) electrons.